The van der Waals surface area contributed by atoms with Gasteiger partial charge < -0.3 is 19.8 Å². The zero-order valence-corrected chi connectivity index (χ0v) is 13.1. The van der Waals surface area contributed by atoms with Crippen LogP contribution in [-0.2, 0) is 29.1 Å². The summed E-state index contributed by atoms with van der Waals surface area (Å²) in [4.78, 5) is 17.6. The van der Waals surface area contributed by atoms with Gasteiger partial charge in [-0.1, -0.05) is 0 Å². The standard InChI is InChI=1S/C8H12.2C2HF3O2.Ru/c1-2-4-6-8-7-5-3-1;2*3-2(4,5)1(6)7;/h1-2,7-8H,3-6H2;2*(H,6,7);/q;;;+2/p-2. The van der Waals surface area contributed by atoms with E-state index >= 15 is 0 Å². The van der Waals surface area contributed by atoms with Crippen LogP contribution >= 0.6 is 0 Å². The van der Waals surface area contributed by atoms with Gasteiger partial charge in [-0.2, -0.15) is 26.3 Å². The molecular formula is C12H12F6O4Ru. The smallest absolute Gasteiger partial charge is 0.542 e. The quantitative estimate of drug-likeness (QED) is 0.420. The molecular weight excluding hydrogens is 423 g/mol. The van der Waals surface area contributed by atoms with Crippen molar-refractivity contribution < 1.29 is 65.6 Å². The summed E-state index contributed by atoms with van der Waals surface area (Å²) in [6.45, 7) is 0. The fourth-order valence-corrected chi connectivity index (χ4v) is 0.856. The van der Waals surface area contributed by atoms with Crippen LogP contribution in [-0.4, -0.2) is 24.3 Å². The summed E-state index contributed by atoms with van der Waals surface area (Å²) in [5.41, 5.74) is 0. The van der Waals surface area contributed by atoms with Crippen LogP contribution in [0.25, 0.3) is 0 Å². The van der Waals surface area contributed by atoms with E-state index in [0.29, 0.717) is 0 Å². The molecule has 0 aromatic rings. The van der Waals surface area contributed by atoms with E-state index in [1.54, 1.807) is 0 Å². The first-order valence-corrected chi connectivity index (χ1v) is 5.75. The van der Waals surface area contributed by atoms with Crippen LogP contribution in [0.5, 0.6) is 0 Å². The van der Waals surface area contributed by atoms with E-state index in [0.717, 1.165) is 0 Å². The van der Waals surface area contributed by atoms with Crippen LogP contribution in [0.3, 0.4) is 0 Å². The minimum atomic E-state index is -5.19. The maximum absolute atomic E-state index is 10.5. The molecule has 1 saturated carbocycles. The molecule has 1 fully saturated rings. The molecule has 0 atom stereocenters. The zero-order chi connectivity index (χ0) is 17.8. The number of aliphatic carboxylic acids is 2. The summed E-state index contributed by atoms with van der Waals surface area (Å²) in [7, 11) is 0. The van der Waals surface area contributed by atoms with E-state index in [4.69, 9.17) is 19.8 Å². The number of carbonyl (C=O) groups excluding carboxylic acids is 2. The van der Waals surface area contributed by atoms with Crippen molar-refractivity contribution in [2.24, 2.45) is 0 Å². The molecule has 0 bridgehead atoms. The number of carboxylic acids is 2. The molecule has 1 aliphatic carbocycles. The Morgan fingerprint density at radius 3 is 0.870 bits per heavy atom. The van der Waals surface area contributed by atoms with Gasteiger partial charge in [0.1, 0.15) is 11.9 Å². The summed E-state index contributed by atoms with van der Waals surface area (Å²) in [5, 5.41) is 17.6. The average Bonchev–Trinajstić information content (AvgIpc) is 2.26. The maximum Gasteiger partial charge on any atom is 2.00 e. The van der Waals surface area contributed by atoms with Crippen molar-refractivity contribution in [1.29, 1.82) is 0 Å². The number of hydrogen-bond donors (Lipinski definition) is 0. The SMILES string of the molecule is O=C([O-])C(F)(F)F.O=C([O-])C(F)(F)F.[CH]1[CH]CC[CH][CH]CC1.[Ru+2]. The first kappa shape index (κ1) is 27.0. The number of halogens is 6. The molecule has 4 nitrogen and oxygen atoms in total. The number of alkyl halides is 6. The second-order valence-electron chi connectivity index (χ2n) is 3.67. The second kappa shape index (κ2) is 13.6. The number of rotatable bonds is 0. The zero-order valence-electron chi connectivity index (χ0n) is 11.4. The third kappa shape index (κ3) is 21.1. The molecule has 1 rings (SSSR count). The first-order chi connectivity index (χ1) is 9.89. The van der Waals surface area contributed by atoms with Crippen molar-refractivity contribution in [3.8, 4) is 0 Å². The minimum Gasteiger partial charge on any atom is -0.542 e. The van der Waals surface area contributed by atoms with Crippen LogP contribution in [0.4, 0.5) is 26.3 Å². The van der Waals surface area contributed by atoms with Gasteiger partial charge in [-0.05, 0) is 51.4 Å². The van der Waals surface area contributed by atoms with Crippen molar-refractivity contribution in [3.05, 3.63) is 25.7 Å². The molecule has 0 aromatic heterocycles. The summed E-state index contributed by atoms with van der Waals surface area (Å²) < 4.78 is 63.1. The van der Waals surface area contributed by atoms with Crippen molar-refractivity contribution in [3.63, 3.8) is 0 Å². The van der Waals surface area contributed by atoms with E-state index in [2.05, 4.69) is 25.7 Å². The Morgan fingerprint density at radius 1 is 0.652 bits per heavy atom. The van der Waals surface area contributed by atoms with Gasteiger partial charge in [0.15, 0.2) is 0 Å². The molecule has 0 saturated heterocycles. The van der Waals surface area contributed by atoms with Gasteiger partial charge in [-0.3, -0.25) is 0 Å². The van der Waals surface area contributed by atoms with Crippen molar-refractivity contribution in [1.82, 2.24) is 0 Å². The Labute approximate surface area is 142 Å². The van der Waals surface area contributed by atoms with Gasteiger partial charge >= 0.3 is 31.8 Å². The summed E-state index contributed by atoms with van der Waals surface area (Å²) >= 11 is 0. The van der Waals surface area contributed by atoms with Crippen molar-refractivity contribution in [2.75, 3.05) is 0 Å². The van der Waals surface area contributed by atoms with Gasteiger partial charge in [-0.25, -0.2) is 0 Å². The fourth-order valence-electron chi connectivity index (χ4n) is 0.856. The monoisotopic (exact) mass is 436 g/mol. The number of hydrogen-bond acceptors (Lipinski definition) is 4. The molecule has 4 radical (unpaired) electrons. The van der Waals surface area contributed by atoms with Gasteiger partial charge in [0.2, 0.25) is 0 Å². The Morgan fingerprint density at radius 2 is 0.783 bits per heavy atom. The number of carbonyl (C=O) groups is 2. The molecule has 0 heterocycles. The van der Waals surface area contributed by atoms with Crippen LogP contribution in [0.1, 0.15) is 25.7 Å². The normalized spacial score (nSPS) is 15.2. The summed E-state index contributed by atoms with van der Waals surface area (Å²) in [5.74, 6) is -6.01. The average molecular weight is 435 g/mol. The van der Waals surface area contributed by atoms with Gasteiger partial charge in [-0.15, -0.1) is 0 Å². The molecule has 1 aliphatic rings. The van der Waals surface area contributed by atoms with Crippen LogP contribution in [0.15, 0.2) is 0 Å². The Balaban J connectivity index is -0.000000257. The molecule has 23 heavy (non-hydrogen) atoms. The summed E-state index contributed by atoms with van der Waals surface area (Å²) in [6.07, 6.45) is 3.61. The van der Waals surface area contributed by atoms with E-state index in [1.165, 1.54) is 25.7 Å². The molecule has 0 N–H and O–H groups in total. The van der Waals surface area contributed by atoms with Crippen molar-refractivity contribution in [2.45, 2.75) is 38.0 Å². The van der Waals surface area contributed by atoms with E-state index in [1.807, 2.05) is 0 Å². The molecule has 11 heteroatoms. The molecule has 0 unspecified atom stereocenters. The van der Waals surface area contributed by atoms with E-state index < -0.39 is 24.3 Å². The fraction of sp³-hybridized carbons (Fsp3) is 0.500. The van der Waals surface area contributed by atoms with Crippen molar-refractivity contribution >= 4 is 11.9 Å². The predicted molar refractivity (Wildman–Crippen MR) is 57.8 cm³/mol. The largest absolute Gasteiger partial charge is 2.00 e. The summed E-state index contributed by atoms with van der Waals surface area (Å²) in [6, 6.07) is 0. The predicted octanol–water partition coefficient (Wildman–Crippen LogP) is 0.972. The van der Waals surface area contributed by atoms with Gasteiger partial charge in [0, 0.05) is 0 Å². The van der Waals surface area contributed by atoms with Crippen LogP contribution in [0, 0.1) is 25.7 Å². The Bertz CT molecular complexity index is 282. The Kier molecular flexibility index (Phi) is 15.9. The molecule has 0 aromatic carbocycles. The van der Waals surface area contributed by atoms with Gasteiger partial charge in [0.05, 0.1) is 0 Å². The topological polar surface area (TPSA) is 80.3 Å². The van der Waals surface area contributed by atoms with Crippen LogP contribution < -0.4 is 10.2 Å². The number of carboxylic acid groups (broad SMARTS) is 2. The third-order valence-corrected chi connectivity index (χ3v) is 1.80. The third-order valence-electron chi connectivity index (χ3n) is 1.80. The van der Waals surface area contributed by atoms with Gasteiger partial charge in [0.25, 0.3) is 0 Å². The molecule has 0 aliphatic heterocycles. The Hall–Kier alpha value is -0.857. The first-order valence-electron chi connectivity index (χ1n) is 5.75. The minimum absolute atomic E-state index is 0. The van der Waals surface area contributed by atoms with E-state index in [9.17, 15) is 26.3 Å². The molecule has 0 spiro atoms. The molecule has 134 valence electrons. The van der Waals surface area contributed by atoms with E-state index in [-0.39, 0.29) is 19.5 Å². The second-order valence-corrected chi connectivity index (χ2v) is 3.67. The maximum atomic E-state index is 10.5. The molecule has 0 amide bonds. The van der Waals surface area contributed by atoms with Crippen LogP contribution in [0.2, 0.25) is 0 Å².